The van der Waals surface area contributed by atoms with Crippen LogP contribution in [-0.4, -0.2) is 9.97 Å². The molecule has 1 aromatic carbocycles. The zero-order chi connectivity index (χ0) is 18.8. The Labute approximate surface area is 164 Å². The molecule has 0 fully saturated rings. The fourth-order valence-electron chi connectivity index (χ4n) is 3.25. The number of thioether (sulfide) groups is 2. The number of H-pyrrole nitrogens is 2. The molecule has 0 aliphatic heterocycles. The largest absolute Gasteiger partial charge is 0.315 e. The van der Waals surface area contributed by atoms with Crippen molar-refractivity contribution in [1.29, 1.82) is 0 Å². The molecule has 0 amide bonds. The Morgan fingerprint density at radius 2 is 1.04 bits per heavy atom. The van der Waals surface area contributed by atoms with Gasteiger partial charge < -0.3 is 0 Å². The predicted molar refractivity (Wildman–Crippen MR) is 108 cm³/mol. The molecule has 138 valence electrons. The summed E-state index contributed by atoms with van der Waals surface area (Å²) in [5.41, 5.74) is 8.67. The van der Waals surface area contributed by atoms with E-state index in [1.807, 2.05) is 35.9 Å². The average Bonchev–Trinajstić information content (AvgIpc) is 3.21. The second-order valence-electron chi connectivity index (χ2n) is 6.79. The van der Waals surface area contributed by atoms with Gasteiger partial charge in [0, 0.05) is 11.5 Å². The van der Waals surface area contributed by atoms with Crippen LogP contribution in [0, 0.1) is 27.7 Å². The zero-order valence-corrected chi connectivity index (χ0v) is 18.1. The van der Waals surface area contributed by atoms with E-state index >= 15 is 0 Å². The van der Waals surface area contributed by atoms with E-state index in [1.54, 1.807) is 0 Å². The summed E-state index contributed by atoms with van der Waals surface area (Å²) >= 11 is 3.73. The molecule has 0 atom stereocenters. The first-order chi connectivity index (χ1) is 12.4. The number of nitrogens with one attached hydrogen (secondary N) is 2. The number of aryl methyl sites for hydroxylation is 2. The van der Waals surface area contributed by atoms with Gasteiger partial charge >= 0.3 is 10.3 Å². The van der Waals surface area contributed by atoms with Crippen molar-refractivity contribution in [2.24, 2.45) is 14.1 Å². The van der Waals surface area contributed by atoms with Gasteiger partial charge in [0.1, 0.15) is 24.8 Å². The molecule has 2 aromatic heterocycles. The van der Waals surface area contributed by atoms with Gasteiger partial charge in [0.15, 0.2) is 0 Å². The van der Waals surface area contributed by atoms with Gasteiger partial charge in [-0.25, -0.2) is 19.1 Å². The van der Waals surface area contributed by atoms with Crippen LogP contribution in [0.1, 0.15) is 33.4 Å². The lowest BCUT2D eigenvalue weighted by atomic mass is 9.90. The lowest BCUT2D eigenvalue weighted by Crippen LogP contribution is -2.27. The molecule has 0 saturated heterocycles. The summed E-state index contributed by atoms with van der Waals surface area (Å²) in [6.45, 7) is 9.09. The number of aromatic nitrogens is 4. The minimum Gasteiger partial charge on any atom is -0.238 e. The van der Waals surface area contributed by atoms with Crippen LogP contribution in [0.3, 0.4) is 0 Å². The van der Waals surface area contributed by atoms with Gasteiger partial charge in [0.2, 0.25) is 0 Å². The molecular weight excluding hydrogens is 360 g/mol. The molecule has 0 radical (unpaired) electrons. The smallest absolute Gasteiger partial charge is 0.238 e. The number of imidazole rings is 2. The van der Waals surface area contributed by atoms with Gasteiger partial charge in [-0.3, -0.25) is 0 Å². The van der Waals surface area contributed by atoms with Gasteiger partial charge in [0.05, 0.1) is 14.1 Å². The maximum Gasteiger partial charge on any atom is 0.315 e. The minimum absolute atomic E-state index is 0.993. The summed E-state index contributed by atoms with van der Waals surface area (Å²) in [4.78, 5) is 6.63. The average molecular weight is 389 g/mol. The molecule has 6 heteroatoms. The fraction of sp³-hybridized carbons (Fsp3) is 0.400. The predicted octanol–water partition coefficient (Wildman–Crippen LogP) is 3.81. The van der Waals surface area contributed by atoms with Gasteiger partial charge in [-0.15, -0.1) is 0 Å². The SMILES string of the molecule is Cc1c(C)c(CSc2[nH]cc[n+]2C)c(C)c(C)c1CSc1[nH]cc[n+]1C. The lowest BCUT2D eigenvalue weighted by Gasteiger charge is -2.19. The highest BCUT2D eigenvalue weighted by Gasteiger charge is 2.18. The molecule has 4 nitrogen and oxygen atoms in total. The number of hydrogen-bond acceptors (Lipinski definition) is 2. The Morgan fingerprint density at radius 3 is 1.31 bits per heavy atom. The molecule has 0 saturated carbocycles. The molecule has 2 heterocycles. The number of benzene rings is 1. The number of hydrogen-bond donors (Lipinski definition) is 2. The third kappa shape index (κ3) is 3.71. The Bertz CT molecular complexity index is 820. The second kappa shape index (κ2) is 7.92. The van der Waals surface area contributed by atoms with Crippen LogP contribution in [-0.2, 0) is 25.6 Å². The zero-order valence-electron chi connectivity index (χ0n) is 16.4. The van der Waals surface area contributed by atoms with Crippen molar-refractivity contribution in [3.8, 4) is 0 Å². The summed E-state index contributed by atoms with van der Waals surface area (Å²) < 4.78 is 4.27. The quantitative estimate of drug-likeness (QED) is 0.498. The summed E-state index contributed by atoms with van der Waals surface area (Å²) in [6.07, 6.45) is 8.08. The highest BCUT2D eigenvalue weighted by Crippen LogP contribution is 2.33. The van der Waals surface area contributed by atoms with Crippen LogP contribution in [0.4, 0.5) is 0 Å². The first kappa shape index (κ1) is 19.1. The molecular formula is C20H28N4S2+2. The molecule has 0 aliphatic carbocycles. The van der Waals surface area contributed by atoms with Crippen molar-refractivity contribution in [3.63, 3.8) is 0 Å². The maximum atomic E-state index is 3.31. The summed E-state index contributed by atoms with van der Waals surface area (Å²) in [5, 5.41) is 2.39. The third-order valence-corrected chi connectivity index (χ3v) is 7.52. The summed E-state index contributed by atoms with van der Waals surface area (Å²) in [5.74, 6) is 1.99. The van der Waals surface area contributed by atoms with E-state index < -0.39 is 0 Å². The van der Waals surface area contributed by atoms with E-state index in [0.29, 0.717) is 0 Å². The van der Waals surface area contributed by atoms with Crippen molar-refractivity contribution in [2.75, 3.05) is 0 Å². The van der Waals surface area contributed by atoms with Crippen molar-refractivity contribution in [2.45, 2.75) is 49.5 Å². The van der Waals surface area contributed by atoms with E-state index in [4.69, 9.17) is 0 Å². The molecule has 3 rings (SSSR count). The van der Waals surface area contributed by atoms with Gasteiger partial charge in [-0.05, 0) is 84.6 Å². The first-order valence-electron chi connectivity index (χ1n) is 8.79. The van der Waals surface area contributed by atoms with Gasteiger partial charge in [-0.2, -0.15) is 0 Å². The Balaban J connectivity index is 1.84. The molecule has 3 aromatic rings. The highest BCUT2D eigenvalue weighted by atomic mass is 32.2. The standard InChI is InChI=1S/C20H26N4S2/c1-13-14(2)18(12-26-20-22-8-10-24(20)6)16(4)15(3)17(13)11-25-19-21-7-9-23(19)5/h7-10H,11-12H2,1-6H3/p+2. The van der Waals surface area contributed by atoms with Crippen LogP contribution < -0.4 is 9.13 Å². The normalized spacial score (nSPS) is 11.3. The van der Waals surface area contributed by atoms with Crippen molar-refractivity contribution < 1.29 is 9.13 Å². The van der Waals surface area contributed by atoms with Crippen LogP contribution in [0.25, 0.3) is 0 Å². The van der Waals surface area contributed by atoms with E-state index in [0.717, 1.165) is 11.5 Å². The number of nitrogens with zero attached hydrogens (tertiary/aromatic N) is 2. The first-order valence-corrected chi connectivity index (χ1v) is 10.8. The molecule has 2 N–H and O–H groups in total. The molecule has 0 unspecified atom stereocenters. The number of rotatable bonds is 6. The summed E-state index contributed by atoms with van der Waals surface area (Å²) in [6, 6.07) is 0. The number of aromatic amines is 2. The van der Waals surface area contributed by atoms with E-state index in [2.05, 4.69) is 73.3 Å². The molecule has 0 spiro atoms. The Morgan fingerprint density at radius 1 is 0.692 bits per heavy atom. The van der Waals surface area contributed by atoms with Crippen molar-refractivity contribution in [1.82, 2.24) is 9.97 Å². The Kier molecular flexibility index (Phi) is 5.82. The van der Waals surface area contributed by atoms with Gasteiger partial charge in [0.25, 0.3) is 0 Å². The molecule has 26 heavy (non-hydrogen) atoms. The van der Waals surface area contributed by atoms with Crippen LogP contribution in [0.5, 0.6) is 0 Å². The second-order valence-corrected chi connectivity index (χ2v) is 8.71. The summed E-state index contributed by atoms with van der Waals surface area (Å²) in [7, 11) is 4.16. The monoisotopic (exact) mass is 388 g/mol. The van der Waals surface area contributed by atoms with Crippen molar-refractivity contribution >= 4 is 23.5 Å². The fourth-order valence-corrected chi connectivity index (χ4v) is 5.51. The van der Waals surface area contributed by atoms with E-state index in [1.165, 1.54) is 43.7 Å². The van der Waals surface area contributed by atoms with E-state index in [-0.39, 0.29) is 0 Å². The topological polar surface area (TPSA) is 39.3 Å². The molecule has 0 bridgehead atoms. The van der Waals surface area contributed by atoms with Crippen LogP contribution >= 0.6 is 23.5 Å². The third-order valence-electron chi connectivity index (χ3n) is 5.29. The van der Waals surface area contributed by atoms with Gasteiger partial charge in [-0.1, -0.05) is 0 Å². The maximum absolute atomic E-state index is 3.31. The molecule has 0 aliphatic rings. The van der Waals surface area contributed by atoms with Crippen LogP contribution in [0.2, 0.25) is 0 Å². The minimum atomic E-state index is 0.993. The van der Waals surface area contributed by atoms with Crippen molar-refractivity contribution in [3.05, 3.63) is 58.2 Å². The lowest BCUT2D eigenvalue weighted by molar-refractivity contribution is -0.708. The van der Waals surface area contributed by atoms with Crippen LogP contribution in [0.15, 0.2) is 35.1 Å². The van der Waals surface area contributed by atoms with E-state index in [9.17, 15) is 0 Å². The highest BCUT2D eigenvalue weighted by molar-refractivity contribution is 7.98. The Hall–Kier alpha value is -1.66.